The fourth-order valence-electron chi connectivity index (χ4n) is 4.54. The third kappa shape index (κ3) is 2.00. The third-order valence-electron chi connectivity index (χ3n) is 5.72. The maximum absolute atomic E-state index is 10.7. The van der Waals surface area contributed by atoms with Crippen LogP contribution < -0.4 is 0 Å². The van der Waals surface area contributed by atoms with Crippen molar-refractivity contribution in [2.45, 2.75) is 71.2 Å². The van der Waals surface area contributed by atoms with Crippen LogP contribution in [0, 0.1) is 23.2 Å². The Morgan fingerprint density at radius 2 is 1.67 bits per heavy atom. The van der Waals surface area contributed by atoms with E-state index in [-0.39, 0.29) is 17.3 Å². The maximum Gasteiger partial charge on any atom is 0.0679 e. The highest BCUT2D eigenvalue weighted by atomic mass is 16.3. The molecule has 0 heterocycles. The summed E-state index contributed by atoms with van der Waals surface area (Å²) in [5.41, 5.74) is -1.20. The second-order valence-corrected chi connectivity index (χ2v) is 7.33. The van der Waals surface area contributed by atoms with Crippen molar-refractivity contribution in [3.05, 3.63) is 0 Å². The summed E-state index contributed by atoms with van der Waals surface area (Å²) in [4.78, 5) is 0. The number of fused-ring (bicyclic) bond motifs is 1. The first kappa shape index (κ1) is 14.3. The zero-order valence-corrected chi connectivity index (χ0v) is 12.1. The minimum atomic E-state index is -0.860. The van der Waals surface area contributed by atoms with Crippen LogP contribution in [-0.4, -0.2) is 33.1 Å². The van der Waals surface area contributed by atoms with Gasteiger partial charge in [0.25, 0.3) is 0 Å². The Morgan fingerprint density at radius 1 is 1.06 bits per heavy atom. The van der Waals surface area contributed by atoms with Crippen LogP contribution in [0.1, 0.15) is 53.4 Å². The molecule has 6 atom stereocenters. The molecule has 2 saturated carbocycles. The predicted molar refractivity (Wildman–Crippen MR) is 71.0 cm³/mol. The Morgan fingerprint density at radius 3 is 2.22 bits per heavy atom. The van der Waals surface area contributed by atoms with Gasteiger partial charge in [-0.25, -0.2) is 0 Å². The topological polar surface area (TPSA) is 60.7 Å². The van der Waals surface area contributed by atoms with Gasteiger partial charge in [-0.3, -0.25) is 0 Å². The van der Waals surface area contributed by atoms with Gasteiger partial charge in [-0.15, -0.1) is 0 Å². The molecule has 18 heavy (non-hydrogen) atoms. The monoisotopic (exact) mass is 256 g/mol. The number of hydrogen-bond acceptors (Lipinski definition) is 3. The van der Waals surface area contributed by atoms with E-state index in [1.807, 2.05) is 13.8 Å². The van der Waals surface area contributed by atoms with E-state index in [9.17, 15) is 15.3 Å². The zero-order chi connectivity index (χ0) is 13.7. The van der Waals surface area contributed by atoms with Crippen molar-refractivity contribution < 1.29 is 15.3 Å². The number of aliphatic hydroxyl groups is 3. The minimum Gasteiger partial charge on any atom is -0.393 e. The molecule has 2 rings (SSSR count). The van der Waals surface area contributed by atoms with E-state index in [1.54, 1.807) is 0 Å². The molecule has 0 aromatic rings. The molecule has 0 bridgehead atoms. The molecular weight excluding hydrogens is 228 g/mol. The van der Waals surface area contributed by atoms with E-state index in [2.05, 4.69) is 13.8 Å². The molecular formula is C15H28O3. The summed E-state index contributed by atoms with van der Waals surface area (Å²) < 4.78 is 0. The summed E-state index contributed by atoms with van der Waals surface area (Å²) in [5.74, 6) is 0.439. The Hall–Kier alpha value is -0.120. The Kier molecular flexibility index (Phi) is 3.54. The fraction of sp³-hybridized carbons (Fsp3) is 1.00. The van der Waals surface area contributed by atoms with E-state index in [1.165, 1.54) is 0 Å². The normalized spacial score (nSPS) is 53.3. The van der Waals surface area contributed by atoms with Gasteiger partial charge in [0.15, 0.2) is 0 Å². The quantitative estimate of drug-likeness (QED) is 0.672. The van der Waals surface area contributed by atoms with E-state index in [0.717, 1.165) is 12.8 Å². The fourth-order valence-corrected chi connectivity index (χ4v) is 4.54. The summed E-state index contributed by atoms with van der Waals surface area (Å²) in [6, 6.07) is 0. The van der Waals surface area contributed by atoms with Crippen LogP contribution in [0.4, 0.5) is 0 Å². The molecule has 0 spiro atoms. The standard InChI is InChI=1S/C15H28O3/c1-9(2)10-5-7-14(3)11(16)6-8-15(4,18)13(14)12(10)17/h9-13,16-18H,5-8H2,1-4H3/t10-,11+,12+,13+,14-,15-/m0/s1. The van der Waals surface area contributed by atoms with Crippen molar-refractivity contribution in [2.24, 2.45) is 23.2 Å². The van der Waals surface area contributed by atoms with Gasteiger partial charge < -0.3 is 15.3 Å². The van der Waals surface area contributed by atoms with Crippen LogP contribution in [-0.2, 0) is 0 Å². The maximum atomic E-state index is 10.7. The molecule has 3 nitrogen and oxygen atoms in total. The Balaban J connectivity index is 2.35. The first-order chi connectivity index (χ1) is 8.20. The second-order valence-electron chi connectivity index (χ2n) is 7.33. The number of rotatable bonds is 1. The molecule has 0 unspecified atom stereocenters. The van der Waals surface area contributed by atoms with Crippen molar-refractivity contribution in [3.63, 3.8) is 0 Å². The average molecular weight is 256 g/mol. The molecule has 2 aliphatic rings. The van der Waals surface area contributed by atoms with Crippen molar-refractivity contribution in [3.8, 4) is 0 Å². The molecule has 0 aromatic heterocycles. The van der Waals surface area contributed by atoms with Crippen molar-refractivity contribution in [2.75, 3.05) is 0 Å². The lowest BCUT2D eigenvalue weighted by Crippen LogP contribution is -2.63. The first-order valence-electron chi connectivity index (χ1n) is 7.28. The van der Waals surface area contributed by atoms with Gasteiger partial charge in [-0.05, 0) is 44.4 Å². The van der Waals surface area contributed by atoms with E-state index >= 15 is 0 Å². The van der Waals surface area contributed by atoms with Crippen LogP contribution in [0.15, 0.2) is 0 Å². The molecule has 0 aromatic carbocycles. The highest BCUT2D eigenvalue weighted by molar-refractivity contribution is 5.08. The number of hydrogen-bond donors (Lipinski definition) is 3. The van der Waals surface area contributed by atoms with E-state index in [0.29, 0.717) is 18.8 Å². The Labute approximate surface area is 110 Å². The summed E-state index contributed by atoms with van der Waals surface area (Å²) in [6.45, 7) is 8.12. The van der Waals surface area contributed by atoms with Gasteiger partial charge in [-0.2, -0.15) is 0 Å². The third-order valence-corrected chi connectivity index (χ3v) is 5.72. The molecule has 0 aliphatic heterocycles. The van der Waals surface area contributed by atoms with Gasteiger partial charge in [0, 0.05) is 11.3 Å². The summed E-state index contributed by atoms with van der Waals surface area (Å²) >= 11 is 0. The summed E-state index contributed by atoms with van der Waals surface area (Å²) in [6.07, 6.45) is 2.16. The van der Waals surface area contributed by atoms with Gasteiger partial charge >= 0.3 is 0 Å². The first-order valence-corrected chi connectivity index (χ1v) is 7.28. The van der Waals surface area contributed by atoms with Crippen LogP contribution in [0.2, 0.25) is 0 Å². The van der Waals surface area contributed by atoms with Gasteiger partial charge in [0.1, 0.15) is 0 Å². The molecule has 3 N–H and O–H groups in total. The highest BCUT2D eigenvalue weighted by Crippen LogP contribution is 2.56. The molecule has 0 saturated heterocycles. The molecule has 0 amide bonds. The largest absolute Gasteiger partial charge is 0.393 e. The number of aliphatic hydroxyl groups excluding tert-OH is 2. The summed E-state index contributed by atoms with van der Waals surface area (Å²) in [7, 11) is 0. The SMILES string of the molecule is CC(C)[C@@H]1CC[C@@]2(C)[C@H](O)CC[C@](C)(O)[C@@H]2[C@@H]1O. The lowest BCUT2D eigenvalue weighted by Gasteiger charge is -2.58. The van der Waals surface area contributed by atoms with Crippen molar-refractivity contribution in [1.82, 2.24) is 0 Å². The van der Waals surface area contributed by atoms with Crippen LogP contribution in [0.5, 0.6) is 0 Å². The lowest BCUT2D eigenvalue weighted by molar-refractivity contribution is -0.219. The van der Waals surface area contributed by atoms with Crippen LogP contribution in [0.25, 0.3) is 0 Å². The van der Waals surface area contributed by atoms with Gasteiger partial charge in [-0.1, -0.05) is 20.8 Å². The van der Waals surface area contributed by atoms with E-state index < -0.39 is 17.8 Å². The van der Waals surface area contributed by atoms with Crippen LogP contribution in [0.3, 0.4) is 0 Å². The zero-order valence-electron chi connectivity index (χ0n) is 12.1. The van der Waals surface area contributed by atoms with Gasteiger partial charge in [0.2, 0.25) is 0 Å². The Bertz CT molecular complexity index is 313. The molecule has 2 fully saturated rings. The molecule has 106 valence electrons. The van der Waals surface area contributed by atoms with E-state index in [4.69, 9.17) is 0 Å². The van der Waals surface area contributed by atoms with Gasteiger partial charge in [0.05, 0.1) is 17.8 Å². The molecule has 0 radical (unpaired) electrons. The van der Waals surface area contributed by atoms with Crippen molar-refractivity contribution >= 4 is 0 Å². The average Bonchev–Trinajstić information content (AvgIpc) is 2.23. The summed E-state index contributed by atoms with van der Waals surface area (Å²) in [5, 5.41) is 31.6. The predicted octanol–water partition coefficient (Wildman–Crippen LogP) is 1.94. The molecule has 3 heteroatoms. The minimum absolute atomic E-state index is 0.213. The lowest BCUT2D eigenvalue weighted by atomic mass is 9.50. The van der Waals surface area contributed by atoms with Crippen molar-refractivity contribution in [1.29, 1.82) is 0 Å². The molecule has 2 aliphatic carbocycles. The smallest absolute Gasteiger partial charge is 0.0679 e. The second kappa shape index (κ2) is 4.46. The highest BCUT2D eigenvalue weighted by Gasteiger charge is 2.59. The van der Waals surface area contributed by atoms with Crippen LogP contribution >= 0.6 is 0 Å².